The highest BCUT2D eigenvalue weighted by molar-refractivity contribution is 7.98. The molecule has 2 aromatic rings. The molecule has 19 heavy (non-hydrogen) atoms. The van der Waals surface area contributed by atoms with Crippen LogP contribution in [-0.2, 0) is 4.74 Å². The number of hydrogen-bond donors (Lipinski definition) is 2. The minimum atomic E-state index is -0.0403. The Kier molecular flexibility index (Phi) is 3.54. The standard InChI is InChI=1S/C11H16N6OS/c1-19-11-14-9(16-12)7-6-13-17(10(7)15-11)8-4-2-3-5-18-8/h6,8H,2-5,12H2,1H3,(H,14,15,16). The van der Waals surface area contributed by atoms with Crippen molar-refractivity contribution in [2.75, 3.05) is 18.3 Å². The van der Waals surface area contributed by atoms with E-state index >= 15 is 0 Å². The molecule has 0 amide bonds. The van der Waals surface area contributed by atoms with Gasteiger partial charge < -0.3 is 10.2 Å². The average molecular weight is 280 g/mol. The molecule has 0 saturated carbocycles. The molecule has 8 heteroatoms. The number of thioether (sulfide) groups is 1. The topological polar surface area (TPSA) is 90.9 Å². The zero-order valence-electron chi connectivity index (χ0n) is 10.7. The second-order valence-electron chi connectivity index (χ2n) is 4.35. The van der Waals surface area contributed by atoms with Crippen LogP contribution in [0, 0.1) is 0 Å². The maximum atomic E-state index is 5.76. The molecule has 1 unspecified atom stereocenters. The predicted octanol–water partition coefficient (Wildman–Crippen LogP) is 1.53. The van der Waals surface area contributed by atoms with Crippen molar-refractivity contribution in [1.82, 2.24) is 19.7 Å². The summed E-state index contributed by atoms with van der Waals surface area (Å²) in [5, 5.41) is 5.87. The van der Waals surface area contributed by atoms with Gasteiger partial charge in [0.2, 0.25) is 0 Å². The molecule has 1 aliphatic heterocycles. The number of ether oxygens (including phenoxy) is 1. The molecule has 0 aromatic carbocycles. The number of nitrogens with two attached hydrogens (primary N) is 1. The number of fused-ring (bicyclic) bond motifs is 1. The Morgan fingerprint density at radius 2 is 2.37 bits per heavy atom. The van der Waals surface area contributed by atoms with Crippen LogP contribution in [0.25, 0.3) is 11.0 Å². The first-order valence-corrected chi connectivity index (χ1v) is 7.43. The van der Waals surface area contributed by atoms with E-state index < -0.39 is 0 Å². The molecule has 7 nitrogen and oxygen atoms in total. The zero-order chi connectivity index (χ0) is 13.2. The zero-order valence-corrected chi connectivity index (χ0v) is 11.5. The van der Waals surface area contributed by atoms with Gasteiger partial charge in [-0.2, -0.15) is 5.10 Å². The van der Waals surface area contributed by atoms with Crippen molar-refractivity contribution >= 4 is 28.6 Å². The molecule has 102 valence electrons. The molecule has 3 rings (SSSR count). The van der Waals surface area contributed by atoms with E-state index in [9.17, 15) is 0 Å². The Morgan fingerprint density at radius 1 is 1.47 bits per heavy atom. The Balaban J connectivity index is 2.09. The van der Waals surface area contributed by atoms with Crippen LogP contribution in [-0.4, -0.2) is 32.6 Å². The van der Waals surface area contributed by atoms with Crippen molar-refractivity contribution in [3.63, 3.8) is 0 Å². The first kappa shape index (κ1) is 12.6. The first-order valence-electron chi connectivity index (χ1n) is 6.21. The number of hydrogen-bond acceptors (Lipinski definition) is 7. The number of rotatable bonds is 3. The normalized spacial score (nSPS) is 19.8. The third kappa shape index (κ3) is 2.26. The lowest BCUT2D eigenvalue weighted by atomic mass is 10.2. The van der Waals surface area contributed by atoms with E-state index in [4.69, 9.17) is 10.6 Å². The summed E-state index contributed by atoms with van der Waals surface area (Å²) in [5.41, 5.74) is 3.37. The summed E-state index contributed by atoms with van der Waals surface area (Å²) in [6.07, 6.45) is 6.83. The van der Waals surface area contributed by atoms with Gasteiger partial charge in [0.25, 0.3) is 0 Å². The second kappa shape index (κ2) is 5.32. The number of nitrogens with zero attached hydrogens (tertiary/aromatic N) is 4. The van der Waals surface area contributed by atoms with Gasteiger partial charge in [-0.1, -0.05) is 11.8 Å². The molecule has 3 heterocycles. The number of hydrazine groups is 1. The number of anilines is 1. The number of aromatic nitrogens is 4. The van der Waals surface area contributed by atoms with Gasteiger partial charge in [-0.3, -0.25) is 0 Å². The molecule has 0 bridgehead atoms. The summed E-state index contributed by atoms with van der Waals surface area (Å²) in [7, 11) is 0. The average Bonchev–Trinajstić information content (AvgIpc) is 2.90. The SMILES string of the molecule is CSc1nc(NN)c2cnn(C3CCCCO3)c2n1. The highest BCUT2D eigenvalue weighted by Gasteiger charge is 2.21. The van der Waals surface area contributed by atoms with Gasteiger partial charge in [0.05, 0.1) is 11.6 Å². The fourth-order valence-electron chi connectivity index (χ4n) is 2.23. The molecular formula is C11H16N6OS. The monoisotopic (exact) mass is 280 g/mol. The summed E-state index contributed by atoms with van der Waals surface area (Å²) in [6.45, 7) is 0.772. The van der Waals surface area contributed by atoms with Crippen molar-refractivity contribution < 1.29 is 4.74 Å². The molecule has 1 aliphatic rings. The minimum Gasteiger partial charge on any atom is -0.356 e. The molecular weight excluding hydrogens is 264 g/mol. The van der Waals surface area contributed by atoms with Gasteiger partial charge in [-0.05, 0) is 25.5 Å². The first-order chi connectivity index (χ1) is 9.33. The van der Waals surface area contributed by atoms with Gasteiger partial charge in [-0.15, -0.1) is 0 Å². The van der Waals surface area contributed by atoms with Crippen LogP contribution >= 0.6 is 11.8 Å². The van der Waals surface area contributed by atoms with Gasteiger partial charge in [0.15, 0.2) is 22.8 Å². The highest BCUT2D eigenvalue weighted by Crippen LogP contribution is 2.28. The van der Waals surface area contributed by atoms with Gasteiger partial charge >= 0.3 is 0 Å². The van der Waals surface area contributed by atoms with Crippen LogP contribution in [0.3, 0.4) is 0 Å². The summed E-state index contributed by atoms with van der Waals surface area (Å²) in [5.74, 6) is 6.10. The van der Waals surface area contributed by atoms with E-state index in [1.165, 1.54) is 11.8 Å². The van der Waals surface area contributed by atoms with Gasteiger partial charge in [0.1, 0.15) is 0 Å². The maximum Gasteiger partial charge on any atom is 0.191 e. The van der Waals surface area contributed by atoms with Gasteiger partial charge in [0, 0.05) is 6.61 Å². The third-order valence-corrected chi connectivity index (χ3v) is 3.73. The minimum absolute atomic E-state index is 0.0403. The van der Waals surface area contributed by atoms with Crippen molar-refractivity contribution in [2.45, 2.75) is 30.6 Å². The molecule has 0 spiro atoms. The Labute approximate surface area is 114 Å². The van der Waals surface area contributed by atoms with E-state index in [1.54, 1.807) is 6.20 Å². The summed E-state index contributed by atoms with van der Waals surface area (Å²) in [4.78, 5) is 8.83. The lowest BCUT2D eigenvalue weighted by molar-refractivity contribution is -0.0370. The molecule has 1 atom stereocenters. The van der Waals surface area contributed by atoms with Crippen LogP contribution in [0.4, 0.5) is 5.82 Å². The van der Waals surface area contributed by atoms with Crippen LogP contribution in [0.1, 0.15) is 25.5 Å². The molecule has 2 aromatic heterocycles. The third-order valence-electron chi connectivity index (χ3n) is 3.18. The quantitative estimate of drug-likeness (QED) is 0.381. The van der Waals surface area contributed by atoms with E-state index in [1.807, 2.05) is 10.9 Å². The molecule has 0 radical (unpaired) electrons. The number of nitrogens with one attached hydrogen (secondary N) is 1. The number of nitrogen functional groups attached to an aromatic ring is 1. The van der Waals surface area contributed by atoms with Crippen molar-refractivity contribution in [2.24, 2.45) is 5.84 Å². The van der Waals surface area contributed by atoms with Crippen molar-refractivity contribution in [1.29, 1.82) is 0 Å². The fourth-order valence-corrected chi connectivity index (χ4v) is 2.59. The van der Waals surface area contributed by atoms with Crippen molar-refractivity contribution in [3.05, 3.63) is 6.20 Å². The van der Waals surface area contributed by atoms with Crippen LogP contribution in [0.5, 0.6) is 0 Å². The lowest BCUT2D eigenvalue weighted by Gasteiger charge is -2.23. The van der Waals surface area contributed by atoms with Crippen LogP contribution < -0.4 is 11.3 Å². The van der Waals surface area contributed by atoms with E-state index in [2.05, 4.69) is 20.5 Å². The molecule has 1 fully saturated rings. The Bertz CT molecular complexity index is 580. The Hall–Kier alpha value is -1.38. The summed E-state index contributed by atoms with van der Waals surface area (Å²) < 4.78 is 7.59. The largest absolute Gasteiger partial charge is 0.356 e. The van der Waals surface area contributed by atoms with E-state index in [0.29, 0.717) is 11.0 Å². The molecule has 3 N–H and O–H groups in total. The van der Waals surface area contributed by atoms with Crippen LogP contribution in [0.2, 0.25) is 0 Å². The van der Waals surface area contributed by atoms with Crippen molar-refractivity contribution in [3.8, 4) is 0 Å². The fraction of sp³-hybridized carbons (Fsp3) is 0.545. The predicted molar refractivity (Wildman–Crippen MR) is 73.8 cm³/mol. The maximum absolute atomic E-state index is 5.76. The second-order valence-corrected chi connectivity index (χ2v) is 5.12. The summed E-state index contributed by atoms with van der Waals surface area (Å²) >= 11 is 1.47. The smallest absolute Gasteiger partial charge is 0.191 e. The van der Waals surface area contributed by atoms with Gasteiger partial charge in [-0.25, -0.2) is 20.5 Å². The van der Waals surface area contributed by atoms with E-state index in [0.717, 1.165) is 36.9 Å². The molecule has 1 saturated heterocycles. The highest BCUT2D eigenvalue weighted by atomic mass is 32.2. The Morgan fingerprint density at radius 3 is 3.05 bits per heavy atom. The van der Waals surface area contributed by atoms with Crippen LogP contribution in [0.15, 0.2) is 11.4 Å². The lowest BCUT2D eigenvalue weighted by Crippen LogP contribution is -2.19. The van der Waals surface area contributed by atoms with E-state index in [-0.39, 0.29) is 6.23 Å². The summed E-state index contributed by atoms with van der Waals surface area (Å²) in [6, 6.07) is 0. The molecule has 0 aliphatic carbocycles.